The third kappa shape index (κ3) is 18.4. The minimum atomic E-state index is -1.88. The first-order valence-electron chi connectivity index (χ1n) is 34.7. The molecule has 7 aromatic rings. The van der Waals surface area contributed by atoms with Crippen molar-refractivity contribution < 1.29 is 100 Å². The number of amides is 3. The van der Waals surface area contributed by atoms with Crippen LogP contribution in [0.15, 0.2) is 212 Å². The summed E-state index contributed by atoms with van der Waals surface area (Å²) in [6, 6.07) is 56.7. The standard InChI is InChI=1S/C79H85N3O21/c1-5-59-49(4)64(97-70(84)53-33-19-9-20-34-53)62(82-79(89)93-45-52-31-17-8-18-32-52)75(94-59)102-67-60(42-83)95-76(69(67)99-72(86)55-37-23-11-24-38-55)103-68-65(98-71(85)54-35-21-10-22-36-54)57(80-77(87)91-43-50-27-13-6-14-28-50)41-58(81-78(88)92-44-51-29-15-7-16-30-51)66(68)101-73-48(3)47(2)63-61(96-73)46-90-74(100-63)56-39-25-12-26-40-56/h6-40,47-49,57-69,73-76,83H,5,41-46H2,1-4H3,(H,80,87)(H,81,88)(H,82,89). The first-order valence-corrected chi connectivity index (χ1v) is 34.7. The zero-order valence-electron chi connectivity index (χ0n) is 57.3. The van der Waals surface area contributed by atoms with Gasteiger partial charge in [-0.3, -0.25) is 0 Å². The molecule has 12 rings (SSSR count). The Morgan fingerprint density at radius 1 is 0.417 bits per heavy atom. The van der Waals surface area contributed by atoms with E-state index in [2.05, 4.69) is 16.0 Å². The molecule has 1 aliphatic carbocycles. The fraction of sp³-hybridized carbons (Fsp3) is 0.392. The van der Waals surface area contributed by atoms with Crippen molar-refractivity contribution in [1.29, 1.82) is 0 Å². The van der Waals surface area contributed by atoms with E-state index in [9.17, 15) is 33.9 Å². The van der Waals surface area contributed by atoms with Crippen LogP contribution in [0, 0.1) is 17.8 Å². The number of fused-ring (bicyclic) bond motifs is 1. The molecule has 7 aromatic carbocycles. The third-order valence-corrected chi connectivity index (χ3v) is 19.2. The summed E-state index contributed by atoms with van der Waals surface area (Å²) in [7, 11) is 0. The summed E-state index contributed by atoms with van der Waals surface area (Å²) < 4.78 is 92.2. The lowest BCUT2D eigenvalue weighted by molar-refractivity contribution is -0.358. The molecule has 4 heterocycles. The van der Waals surface area contributed by atoms with Crippen LogP contribution in [0.4, 0.5) is 14.4 Å². The van der Waals surface area contributed by atoms with Crippen molar-refractivity contribution in [3.8, 4) is 0 Å². The summed E-state index contributed by atoms with van der Waals surface area (Å²) in [4.78, 5) is 87.4. The molecule has 0 radical (unpaired) electrons. The van der Waals surface area contributed by atoms with E-state index in [-0.39, 0.29) is 55.5 Å². The van der Waals surface area contributed by atoms with Gasteiger partial charge in [0.2, 0.25) is 0 Å². The molecule has 20 atom stereocenters. The molecule has 5 fully saturated rings. The molecule has 1 saturated carbocycles. The number of rotatable bonds is 24. The average Bonchev–Trinajstić information content (AvgIpc) is 1.70. The Morgan fingerprint density at radius 2 is 0.835 bits per heavy atom. The third-order valence-electron chi connectivity index (χ3n) is 19.2. The van der Waals surface area contributed by atoms with Gasteiger partial charge < -0.3 is 87.4 Å². The minimum Gasteiger partial charge on any atom is -0.456 e. The van der Waals surface area contributed by atoms with E-state index in [1.165, 1.54) is 24.3 Å². The minimum absolute atomic E-state index is 0.0709. The maximum atomic E-state index is 15.0. The number of hydrogen-bond donors (Lipinski definition) is 4. The molecule has 542 valence electrons. The number of ether oxygens (including phenoxy) is 14. The Balaban J connectivity index is 0.950. The van der Waals surface area contributed by atoms with Gasteiger partial charge in [0.25, 0.3) is 0 Å². The molecule has 5 aliphatic rings. The highest BCUT2D eigenvalue weighted by Crippen LogP contribution is 2.43. The van der Waals surface area contributed by atoms with Crippen molar-refractivity contribution in [2.24, 2.45) is 17.8 Å². The number of aliphatic hydroxyl groups is 1. The van der Waals surface area contributed by atoms with E-state index in [0.717, 1.165) is 5.56 Å². The van der Waals surface area contributed by atoms with Gasteiger partial charge in [0.05, 0.1) is 54.2 Å². The number of carbonyl (C=O) groups is 6. The fourth-order valence-electron chi connectivity index (χ4n) is 13.6. The fourth-order valence-corrected chi connectivity index (χ4v) is 13.6. The molecule has 20 unspecified atom stereocenters. The van der Waals surface area contributed by atoms with Crippen LogP contribution in [0.25, 0.3) is 0 Å². The Bertz CT molecular complexity index is 3870. The van der Waals surface area contributed by atoms with Gasteiger partial charge in [0.15, 0.2) is 37.4 Å². The van der Waals surface area contributed by atoms with Crippen LogP contribution >= 0.6 is 0 Å². The molecule has 4 saturated heterocycles. The number of aliphatic hydroxyl groups excluding tert-OH is 1. The SMILES string of the molecule is CCC1OC(OC2C(CO)OC(OC3C(OC(=O)c4ccccc4)C(NC(=O)OCc4ccccc4)CC(NC(=O)OCc4ccccc4)C3OC3OC4COC(c5ccccc5)OC4C(C)C3C)C2OC(=O)c2ccccc2)C(NC(=O)OCc2ccccc2)C(OC(=O)c2ccccc2)C1C. The Hall–Kier alpha value is -9.60. The quantitative estimate of drug-likeness (QED) is 0.0323. The van der Waals surface area contributed by atoms with Gasteiger partial charge in [-0.2, -0.15) is 0 Å². The maximum absolute atomic E-state index is 15.0. The normalized spacial score (nSPS) is 29.5. The molecule has 3 amide bonds. The predicted octanol–water partition coefficient (Wildman–Crippen LogP) is 10.7. The highest BCUT2D eigenvalue weighted by molar-refractivity contribution is 5.90. The molecular formula is C79H85N3O21. The van der Waals surface area contributed by atoms with Crippen molar-refractivity contribution >= 4 is 36.2 Å². The summed E-state index contributed by atoms with van der Waals surface area (Å²) in [5.74, 6) is -3.94. The van der Waals surface area contributed by atoms with Crippen LogP contribution in [-0.4, -0.2) is 153 Å². The number of carbonyl (C=O) groups excluding carboxylic acids is 6. The van der Waals surface area contributed by atoms with Crippen molar-refractivity contribution in [3.63, 3.8) is 0 Å². The Labute approximate surface area is 596 Å². The summed E-state index contributed by atoms with van der Waals surface area (Å²) in [5, 5.41) is 20.4. The molecule has 0 aromatic heterocycles. The molecule has 0 spiro atoms. The highest BCUT2D eigenvalue weighted by atomic mass is 16.8. The van der Waals surface area contributed by atoms with Gasteiger partial charge in [0, 0.05) is 17.4 Å². The number of nitrogens with one attached hydrogen (secondary N) is 3. The van der Waals surface area contributed by atoms with Crippen molar-refractivity contribution in [2.45, 2.75) is 165 Å². The number of alkyl carbamates (subject to hydrolysis) is 3. The van der Waals surface area contributed by atoms with Gasteiger partial charge in [-0.25, -0.2) is 28.8 Å². The molecular weight excluding hydrogens is 1330 g/mol. The van der Waals surface area contributed by atoms with Crippen LogP contribution < -0.4 is 16.0 Å². The van der Waals surface area contributed by atoms with Crippen LogP contribution in [0.3, 0.4) is 0 Å². The van der Waals surface area contributed by atoms with Gasteiger partial charge in [-0.05, 0) is 71.8 Å². The number of hydrogen-bond acceptors (Lipinski definition) is 21. The zero-order valence-corrected chi connectivity index (χ0v) is 57.3. The van der Waals surface area contributed by atoms with E-state index in [1.807, 2.05) is 69.3 Å². The van der Waals surface area contributed by atoms with Crippen LogP contribution in [0.1, 0.15) is 100 Å². The smallest absolute Gasteiger partial charge is 0.407 e. The average molecular weight is 1410 g/mol. The second kappa shape index (κ2) is 35.1. The van der Waals surface area contributed by atoms with Gasteiger partial charge in [-0.1, -0.05) is 204 Å². The first-order chi connectivity index (χ1) is 50.2. The van der Waals surface area contributed by atoms with Gasteiger partial charge in [0.1, 0.15) is 62.5 Å². The monoisotopic (exact) mass is 1410 g/mol. The lowest BCUT2D eigenvalue weighted by atomic mass is 9.81. The molecule has 24 heteroatoms. The van der Waals surface area contributed by atoms with Crippen molar-refractivity contribution in [3.05, 3.63) is 251 Å². The second-order valence-electron chi connectivity index (χ2n) is 26.1. The number of benzene rings is 7. The maximum Gasteiger partial charge on any atom is 0.407 e. The van der Waals surface area contributed by atoms with Crippen LogP contribution in [0.5, 0.6) is 0 Å². The van der Waals surface area contributed by atoms with E-state index < -0.39 is 159 Å². The van der Waals surface area contributed by atoms with Crippen LogP contribution in [-0.2, 0) is 86.1 Å². The zero-order chi connectivity index (χ0) is 71.8. The molecule has 0 bridgehead atoms. The summed E-state index contributed by atoms with van der Waals surface area (Å²) in [6.45, 7) is 6.31. The topological polar surface area (TPSA) is 288 Å². The van der Waals surface area contributed by atoms with Crippen LogP contribution in [0.2, 0.25) is 0 Å². The highest BCUT2D eigenvalue weighted by Gasteiger charge is 2.59. The van der Waals surface area contributed by atoms with E-state index in [1.54, 1.807) is 146 Å². The first kappa shape index (κ1) is 73.2. The van der Waals surface area contributed by atoms with Crippen molar-refractivity contribution in [2.75, 3.05) is 13.2 Å². The van der Waals surface area contributed by atoms with E-state index >= 15 is 0 Å². The summed E-state index contributed by atoms with van der Waals surface area (Å²) in [6.07, 6.45) is -21.0. The van der Waals surface area contributed by atoms with Gasteiger partial charge in [-0.15, -0.1) is 0 Å². The Kier molecular flexibility index (Phi) is 24.9. The van der Waals surface area contributed by atoms with Crippen molar-refractivity contribution in [1.82, 2.24) is 16.0 Å². The molecule has 24 nitrogen and oxygen atoms in total. The van der Waals surface area contributed by atoms with E-state index in [4.69, 9.17) is 66.3 Å². The molecule has 4 aliphatic heterocycles. The largest absolute Gasteiger partial charge is 0.456 e. The lowest BCUT2D eigenvalue weighted by Crippen LogP contribution is -2.68. The van der Waals surface area contributed by atoms with Gasteiger partial charge >= 0.3 is 36.2 Å². The summed E-state index contributed by atoms with van der Waals surface area (Å²) >= 11 is 0. The Morgan fingerprint density at radius 3 is 1.32 bits per heavy atom. The summed E-state index contributed by atoms with van der Waals surface area (Å²) in [5.41, 5.74) is 3.19. The second-order valence-corrected chi connectivity index (χ2v) is 26.1. The molecule has 4 N–H and O–H groups in total. The lowest BCUT2D eigenvalue weighted by Gasteiger charge is -2.51. The number of esters is 3. The van der Waals surface area contributed by atoms with E-state index in [0.29, 0.717) is 23.1 Å². The molecule has 103 heavy (non-hydrogen) atoms. The predicted molar refractivity (Wildman–Crippen MR) is 368 cm³/mol.